The van der Waals surface area contributed by atoms with Gasteiger partial charge in [-0.3, -0.25) is 42.5 Å². The fraction of sp³-hybridized carbons (Fsp3) is 0. The molecule has 0 aliphatic heterocycles. The first-order chi connectivity index (χ1) is 23.1. The van der Waals surface area contributed by atoms with Gasteiger partial charge >= 0.3 is 0 Å². The minimum absolute atomic E-state index is 0.163. The number of fused-ring (bicyclic) bond motifs is 1. The van der Waals surface area contributed by atoms with E-state index in [9.17, 15) is 84.6 Å². The summed E-state index contributed by atoms with van der Waals surface area (Å²) in [5.41, 5.74) is -4.04. The Morgan fingerprint density at radius 3 is 1.53 bits per heavy atom. The maximum Gasteiger partial charge on any atom is 0.295 e. The average Bonchev–Trinajstić information content (AvgIpc) is 2.97. The Labute approximate surface area is 285 Å². The lowest BCUT2D eigenvalue weighted by Crippen LogP contribution is -2.19. The van der Waals surface area contributed by atoms with Crippen molar-refractivity contribution in [2.45, 2.75) is 24.5 Å². The minimum Gasteiger partial charge on any atom is -0.322 e. The standard InChI is InChI=1S/C24H17N3O19S5/c28-23(15-4-2-12(27(30)31)8-20(15)50(41,42)43)25-11-1-3-14(19(7-11)49(38,39)40)24(29)26-17-5-6-18(48(35,36)37)16-9-13(47(32,33)34)10-21(22(16)17)51(44,45)46/h1-10H,(H,25,28)(H,26,29)(H,32,33,34)(H,35,36,37)(H,38,39,40)(H,41,42,43)(H,44,45,46). The highest BCUT2D eigenvalue weighted by Crippen LogP contribution is 2.37. The molecule has 0 bridgehead atoms. The van der Waals surface area contributed by atoms with Crippen LogP contribution in [0.1, 0.15) is 20.7 Å². The van der Waals surface area contributed by atoms with E-state index in [1.165, 1.54) is 0 Å². The van der Waals surface area contributed by atoms with Crippen LogP contribution in [0, 0.1) is 10.1 Å². The Morgan fingerprint density at radius 2 is 1.04 bits per heavy atom. The molecule has 0 saturated carbocycles. The molecule has 22 nitrogen and oxygen atoms in total. The maximum absolute atomic E-state index is 13.4. The Balaban J connectivity index is 1.86. The molecule has 0 aliphatic carbocycles. The number of nitro benzene ring substituents is 1. The summed E-state index contributed by atoms with van der Waals surface area (Å²) in [5, 5.41) is 13.0. The van der Waals surface area contributed by atoms with E-state index >= 15 is 0 Å². The zero-order chi connectivity index (χ0) is 38.6. The summed E-state index contributed by atoms with van der Waals surface area (Å²) in [4.78, 5) is 29.8. The van der Waals surface area contributed by atoms with E-state index in [-0.39, 0.29) is 6.07 Å². The molecular weight excluding hydrogens is 795 g/mol. The van der Waals surface area contributed by atoms with E-state index in [0.717, 1.165) is 6.07 Å². The molecule has 0 saturated heterocycles. The summed E-state index contributed by atoms with van der Waals surface area (Å²) in [6, 6.07) is 5.27. The molecule has 7 N–H and O–H groups in total. The number of hydrogen-bond donors (Lipinski definition) is 7. The van der Waals surface area contributed by atoms with Crippen LogP contribution < -0.4 is 10.6 Å². The molecule has 0 heterocycles. The average molecular weight is 812 g/mol. The highest BCUT2D eigenvalue weighted by molar-refractivity contribution is 7.87. The quantitative estimate of drug-likeness (QED) is 0.0677. The first-order valence-corrected chi connectivity index (χ1v) is 19.8. The number of nitrogens with one attached hydrogen (secondary N) is 2. The largest absolute Gasteiger partial charge is 0.322 e. The summed E-state index contributed by atoms with van der Waals surface area (Å²) >= 11 is 0. The van der Waals surface area contributed by atoms with Crippen LogP contribution in [0.15, 0.2) is 85.1 Å². The van der Waals surface area contributed by atoms with E-state index in [2.05, 4.69) is 0 Å². The van der Waals surface area contributed by atoms with Crippen molar-refractivity contribution < 1.29 is 79.4 Å². The highest BCUT2D eigenvalue weighted by Gasteiger charge is 2.29. The van der Waals surface area contributed by atoms with E-state index in [0.29, 0.717) is 48.5 Å². The number of nitrogens with zero attached hydrogens (tertiary/aromatic N) is 1. The van der Waals surface area contributed by atoms with Crippen LogP contribution in [0.2, 0.25) is 0 Å². The number of benzene rings is 4. The number of nitro groups is 1. The van der Waals surface area contributed by atoms with Gasteiger partial charge in [0.15, 0.2) is 0 Å². The van der Waals surface area contributed by atoms with Gasteiger partial charge in [-0.25, -0.2) is 0 Å². The van der Waals surface area contributed by atoms with E-state index in [1.807, 2.05) is 10.6 Å². The van der Waals surface area contributed by atoms with Crippen LogP contribution in [0.3, 0.4) is 0 Å². The Kier molecular flexibility index (Phi) is 9.88. The zero-order valence-corrected chi connectivity index (χ0v) is 28.3. The van der Waals surface area contributed by atoms with Crippen molar-refractivity contribution >= 4 is 90.2 Å². The number of hydrogen-bond acceptors (Lipinski definition) is 14. The van der Waals surface area contributed by atoms with Gasteiger partial charge in [-0.05, 0) is 48.5 Å². The van der Waals surface area contributed by atoms with Crippen LogP contribution in [0.5, 0.6) is 0 Å². The molecule has 4 aromatic rings. The van der Waals surface area contributed by atoms with Crippen molar-refractivity contribution in [2.75, 3.05) is 10.6 Å². The molecule has 4 rings (SSSR count). The number of non-ortho nitro benzene ring substituents is 1. The normalized spacial score (nSPS) is 12.7. The summed E-state index contributed by atoms with van der Waals surface area (Å²) in [6.45, 7) is 0. The number of rotatable bonds is 10. The molecule has 51 heavy (non-hydrogen) atoms. The van der Waals surface area contributed by atoms with Crippen molar-refractivity contribution in [3.63, 3.8) is 0 Å². The lowest BCUT2D eigenvalue weighted by Gasteiger charge is -2.16. The summed E-state index contributed by atoms with van der Waals surface area (Å²) < 4.78 is 169. The van der Waals surface area contributed by atoms with Crippen LogP contribution in [-0.4, -0.2) is 81.6 Å². The molecule has 4 aromatic carbocycles. The smallest absolute Gasteiger partial charge is 0.295 e. The van der Waals surface area contributed by atoms with Crippen molar-refractivity contribution in [1.29, 1.82) is 0 Å². The predicted octanol–water partition coefficient (Wildman–Crippen LogP) is 1.49. The van der Waals surface area contributed by atoms with Gasteiger partial charge in [-0.1, -0.05) is 0 Å². The molecule has 0 aromatic heterocycles. The predicted molar refractivity (Wildman–Crippen MR) is 168 cm³/mol. The van der Waals surface area contributed by atoms with Crippen molar-refractivity contribution in [2.24, 2.45) is 0 Å². The van der Waals surface area contributed by atoms with Gasteiger partial charge in [0.05, 0.1) is 26.6 Å². The molecule has 2 amide bonds. The third kappa shape index (κ3) is 8.33. The van der Waals surface area contributed by atoms with Gasteiger partial charge in [0, 0.05) is 28.6 Å². The monoisotopic (exact) mass is 811 g/mol. The molecule has 0 aliphatic rings. The van der Waals surface area contributed by atoms with Gasteiger partial charge in [-0.15, -0.1) is 0 Å². The van der Waals surface area contributed by atoms with Gasteiger partial charge in [0.1, 0.15) is 19.6 Å². The van der Waals surface area contributed by atoms with Gasteiger partial charge in [0.25, 0.3) is 68.1 Å². The second-order valence-electron chi connectivity index (χ2n) is 9.89. The van der Waals surface area contributed by atoms with Crippen LogP contribution >= 0.6 is 0 Å². The van der Waals surface area contributed by atoms with Crippen LogP contribution in [0.4, 0.5) is 17.1 Å². The lowest BCUT2D eigenvalue weighted by atomic mass is 10.1. The minimum atomic E-state index is -5.55. The number of carbonyl (C=O) groups excluding carboxylic acids is 2. The fourth-order valence-electron chi connectivity index (χ4n) is 4.49. The van der Waals surface area contributed by atoms with Gasteiger partial charge < -0.3 is 10.6 Å². The van der Waals surface area contributed by atoms with Crippen molar-refractivity contribution in [3.05, 3.63) is 81.9 Å². The lowest BCUT2D eigenvalue weighted by molar-refractivity contribution is -0.385. The second kappa shape index (κ2) is 13.0. The van der Waals surface area contributed by atoms with E-state index in [1.54, 1.807) is 0 Å². The summed E-state index contributed by atoms with van der Waals surface area (Å²) in [6.07, 6.45) is 0. The Bertz CT molecular complexity index is 2780. The molecule has 0 spiro atoms. The first kappa shape index (κ1) is 38.8. The molecular formula is C24H17N3O19S5. The fourth-order valence-corrected chi connectivity index (χ4v) is 7.95. The molecule has 272 valence electrons. The Morgan fingerprint density at radius 1 is 0.549 bits per heavy atom. The number of amides is 2. The van der Waals surface area contributed by atoms with Gasteiger partial charge in [-0.2, -0.15) is 42.1 Å². The number of anilines is 2. The third-order valence-corrected chi connectivity index (χ3v) is 11.0. The zero-order valence-electron chi connectivity index (χ0n) is 24.2. The maximum atomic E-state index is 13.4. The Hall–Kier alpha value is -4.97. The summed E-state index contributed by atoms with van der Waals surface area (Å²) in [7, 11) is -26.9. The topological polar surface area (TPSA) is 373 Å². The van der Waals surface area contributed by atoms with Crippen molar-refractivity contribution in [3.8, 4) is 0 Å². The molecule has 0 fully saturated rings. The molecule has 27 heteroatoms. The van der Waals surface area contributed by atoms with E-state index < -0.39 is 131 Å². The van der Waals surface area contributed by atoms with Crippen LogP contribution in [0.25, 0.3) is 10.8 Å². The SMILES string of the molecule is O=C(Nc1ccc(C(=O)Nc2ccc(S(=O)(=O)O)c3cc(S(=O)(=O)O)cc(S(=O)(=O)O)c23)c(S(=O)(=O)O)c1)c1ccc([N+](=O)[O-])cc1S(=O)(=O)O. The summed E-state index contributed by atoms with van der Waals surface area (Å²) in [5.74, 6) is -2.94. The highest BCUT2D eigenvalue weighted by atomic mass is 32.2. The van der Waals surface area contributed by atoms with Gasteiger partial charge in [0.2, 0.25) is 0 Å². The second-order valence-corrected chi connectivity index (χ2v) is 16.9. The number of carbonyl (C=O) groups is 2. The first-order valence-electron chi connectivity index (χ1n) is 12.6. The molecule has 0 radical (unpaired) electrons. The van der Waals surface area contributed by atoms with Crippen LogP contribution in [-0.2, 0) is 50.6 Å². The molecule has 0 unspecified atom stereocenters. The van der Waals surface area contributed by atoms with E-state index in [4.69, 9.17) is 0 Å². The third-order valence-electron chi connectivity index (χ3n) is 6.57. The van der Waals surface area contributed by atoms with Crippen molar-refractivity contribution in [1.82, 2.24) is 0 Å². The molecule has 0 atom stereocenters.